The van der Waals surface area contributed by atoms with Gasteiger partial charge in [-0.2, -0.15) is 5.21 Å². The minimum atomic E-state index is -0.820. The van der Waals surface area contributed by atoms with Crippen molar-refractivity contribution < 1.29 is 4.79 Å². The minimum absolute atomic E-state index is 0.00138. The molecule has 9 nitrogen and oxygen atoms in total. The second-order valence-corrected chi connectivity index (χ2v) is 13.0. The van der Waals surface area contributed by atoms with E-state index >= 15 is 0 Å². The first-order chi connectivity index (χ1) is 20.2. The summed E-state index contributed by atoms with van der Waals surface area (Å²) in [5.74, 6) is 0.531. The summed E-state index contributed by atoms with van der Waals surface area (Å²) in [5.41, 5.74) is 4.84. The molecule has 0 saturated heterocycles. The fourth-order valence-electron chi connectivity index (χ4n) is 6.91. The van der Waals surface area contributed by atoms with E-state index in [4.69, 9.17) is 0 Å². The van der Waals surface area contributed by atoms with E-state index in [0.29, 0.717) is 25.1 Å². The number of amides is 1. The third kappa shape index (κ3) is 4.99. The number of H-pyrrole nitrogens is 1. The molecule has 2 N–H and O–H groups in total. The van der Waals surface area contributed by atoms with Crippen molar-refractivity contribution in [1.82, 2.24) is 35.3 Å². The van der Waals surface area contributed by atoms with Crippen molar-refractivity contribution in [1.29, 1.82) is 0 Å². The Morgan fingerprint density at radius 1 is 1.05 bits per heavy atom. The number of nitrogens with zero attached hydrogens (tertiary/aromatic N) is 5. The van der Waals surface area contributed by atoms with Crippen molar-refractivity contribution in [2.75, 3.05) is 0 Å². The predicted octanol–water partition coefficient (Wildman–Crippen LogP) is 5.56. The van der Waals surface area contributed by atoms with E-state index in [1.807, 2.05) is 43.7 Å². The molecule has 9 heteroatoms. The van der Waals surface area contributed by atoms with Crippen LogP contribution in [0.1, 0.15) is 95.5 Å². The van der Waals surface area contributed by atoms with Crippen LogP contribution in [0.25, 0.3) is 22.5 Å². The molecule has 4 heterocycles. The number of carbonyl (C=O) groups excluding carboxylic acids is 1. The van der Waals surface area contributed by atoms with Crippen LogP contribution in [0.4, 0.5) is 0 Å². The number of tetrazole rings is 1. The Labute approximate surface area is 246 Å². The highest BCUT2D eigenvalue weighted by Crippen LogP contribution is 2.46. The average Bonchev–Trinajstić information content (AvgIpc) is 3.62. The predicted molar refractivity (Wildman–Crippen MR) is 163 cm³/mol. The minimum Gasteiger partial charge on any atom is -0.349 e. The number of aromatic nitrogens is 6. The molecule has 2 aliphatic heterocycles. The quantitative estimate of drug-likeness (QED) is 0.257. The van der Waals surface area contributed by atoms with E-state index in [9.17, 15) is 9.59 Å². The zero-order valence-electron chi connectivity index (χ0n) is 25.1. The summed E-state index contributed by atoms with van der Waals surface area (Å²) in [6.45, 7) is 8.21. The van der Waals surface area contributed by atoms with Gasteiger partial charge in [-0.1, -0.05) is 68.3 Å². The van der Waals surface area contributed by atoms with Crippen LogP contribution >= 0.6 is 0 Å². The Hall–Kier alpha value is -4.01. The van der Waals surface area contributed by atoms with Crippen LogP contribution in [0, 0.1) is 0 Å². The molecule has 3 aliphatic rings. The van der Waals surface area contributed by atoms with Crippen molar-refractivity contribution in [3.05, 3.63) is 75.7 Å². The second kappa shape index (κ2) is 11.0. The number of aromatic amines is 1. The molecule has 1 fully saturated rings. The van der Waals surface area contributed by atoms with Crippen molar-refractivity contribution in [3.63, 3.8) is 0 Å². The highest BCUT2D eigenvalue weighted by molar-refractivity contribution is 5.85. The summed E-state index contributed by atoms with van der Waals surface area (Å²) in [6, 6.07) is 16.7. The standard InChI is InChI=1S/C33H41N7O2/c1-5-6-7-12-28-27(30(41)40-33(31(42)34-32(2,3)4)19-17-24(18-20-33)39(28)40)21-22-13-15-23(16-14-22)25-10-8-9-11-26(25)29-35-37-38-36-29/h8-11,13-16,24H,5-7,12,17-21H2,1-4H3,(H,34,42)(H,35,36,37,38). The van der Waals surface area contributed by atoms with E-state index in [1.54, 1.807) is 0 Å². The number of hydrogen-bond donors (Lipinski definition) is 2. The van der Waals surface area contributed by atoms with Crippen LogP contribution < -0.4 is 10.9 Å². The number of nitrogens with one attached hydrogen (secondary N) is 2. The summed E-state index contributed by atoms with van der Waals surface area (Å²) in [4.78, 5) is 28.2. The first-order valence-corrected chi connectivity index (χ1v) is 15.3. The number of fused-ring (bicyclic) bond motifs is 2. The van der Waals surface area contributed by atoms with E-state index in [0.717, 1.165) is 72.0 Å². The van der Waals surface area contributed by atoms with Gasteiger partial charge in [0.15, 0.2) is 0 Å². The average molecular weight is 568 g/mol. The zero-order valence-corrected chi connectivity index (χ0v) is 25.1. The summed E-state index contributed by atoms with van der Waals surface area (Å²) >= 11 is 0. The SMILES string of the molecule is CCCCCc1c(Cc2ccc(-c3ccccc3-c3nn[nH]n3)cc2)c(=O)n2n1C1CCC2(C(=O)NC(C)(C)C)CC1. The van der Waals surface area contributed by atoms with Gasteiger partial charge < -0.3 is 5.32 Å². The van der Waals surface area contributed by atoms with Crippen molar-refractivity contribution in [3.8, 4) is 22.5 Å². The molecule has 0 unspecified atom stereocenters. The number of hydrogen-bond acceptors (Lipinski definition) is 5. The molecular formula is C33H41N7O2. The Bertz CT molecular complexity index is 1620. The van der Waals surface area contributed by atoms with Gasteiger partial charge in [-0.25, -0.2) is 4.68 Å². The second-order valence-electron chi connectivity index (χ2n) is 13.0. The van der Waals surface area contributed by atoms with Crippen LogP contribution in [-0.4, -0.2) is 41.4 Å². The molecule has 2 aromatic carbocycles. The smallest absolute Gasteiger partial charge is 0.271 e. The molecule has 0 spiro atoms. The van der Waals surface area contributed by atoms with Gasteiger partial charge in [0, 0.05) is 28.8 Å². The van der Waals surface area contributed by atoms with E-state index in [1.165, 1.54) is 0 Å². The van der Waals surface area contributed by atoms with Crippen molar-refractivity contribution in [2.45, 2.75) is 103 Å². The molecule has 1 aliphatic carbocycles. The maximum Gasteiger partial charge on any atom is 0.271 e. The van der Waals surface area contributed by atoms with Crippen molar-refractivity contribution >= 4 is 5.91 Å². The Morgan fingerprint density at radius 2 is 1.76 bits per heavy atom. The van der Waals surface area contributed by atoms with Crippen molar-refractivity contribution in [2.24, 2.45) is 0 Å². The monoisotopic (exact) mass is 567 g/mol. The molecular weight excluding hydrogens is 526 g/mol. The van der Waals surface area contributed by atoms with Gasteiger partial charge in [-0.3, -0.25) is 14.3 Å². The molecule has 4 aromatic rings. The Morgan fingerprint density at radius 3 is 2.40 bits per heavy atom. The maximum atomic E-state index is 14.3. The third-order valence-corrected chi connectivity index (χ3v) is 8.91. The molecule has 2 bridgehead atoms. The molecule has 7 rings (SSSR count). The molecule has 42 heavy (non-hydrogen) atoms. The van der Waals surface area contributed by atoms with Gasteiger partial charge in [0.25, 0.3) is 5.56 Å². The van der Waals surface area contributed by atoms with Gasteiger partial charge in [-0.15, -0.1) is 10.2 Å². The number of rotatable bonds is 9. The number of unbranched alkanes of at least 4 members (excludes halogenated alkanes) is 2. The van der Waals surface area contributed by atoms with Crippen LogP contribution in [0.5, 0.6) is 0 Å². The zero-order chi connectivity index (χ0) is 29.5. The lowest BCUT2D eigenvalue weighted by molar-refractivity contribution is -0.138. The lowest BCUT2D eigenvalue weighted by atomic mass is 9.76. The summed E-state index contributed by atoms with van der Waals surface area (Å²) in [6.07, 6.45) is 7.96. The van der Waals surface area contributed by atoms with Crippen LogP contribution in [0.2, 0.25) is 0 Å². The lowest BCUT2D eigenvalue weighted by Gasteiger charge is -2.48. The highest BCUT2D eigenvalue weighted by atomic mass is 16.2. The number of carbonyl (C=O) groups is 1. The van der Waals surface area contributed by atoms with E-state index in [-0.39, 0.29) is 23.0 Å². The molecule has 1 amide bonds. The largest absolute Gasteiger partial charge is 0.349 e. The molecule has 0 radical (unpaired) electrons. The topological polar surface area (TPSA) is 110 Å². The van der Waals surface area contributed by atoms with Crippen LogP contribution in [-0.2, 0) is 23.2 Å². The first kappa shape index (κ1) is 28.1. The number of benzene rings is 2. The Kier molecular flexibility index (Phi) is 7.37. The van der Waals surface area contributed by atoms with E-state index in [2.05, 4.69) is 67.9 Å². The van der Waals surface area contributed by atoms with Gasteiger partial charge in [-0.05, 0) is 81.2 Å². The van der Waals surface area contributed by atoms with Gasteiger partial charge in [0.2, 0.25) is 11.7 Å². The van der Waals surface area contributed by atoms with Crippen LogP contribution in [0.3, 0.4) is 0 Å². The summed E-state index contributed by atoms with van der Waals surface area (Å²) in [7, 11) is 0. The van der Waals surface area contributed by atoms with Gasteiger partial charge >= 0.3 is 0 Å². The highest BCUT2D eigenvalue weighted by Gasteiger charge is 2.52. The fourth-order valence-corrected chi connectivity index (χ4v) is 6.91. The first-order valence-electron chi connectivity index (χ1n) is 15.3. The summed E-state index contributed by atoms with van der Waals surface area (Å²) in [5, 5.41) is 17.8. The molecule has 2 aromatic heterocycles. The lowest BCUT2D eigenvalue weighted by Crippen LogP contribution is -2.62. The normalized spacial score (nSPS) is 19.6. The Balaban J connectivity index is 1.38. The van der Waals surface area contributed by atoms with Crippen LogP contribution in [0.15, 0.2) is 53.3 Å². The van der Waals surface area contributed by atoms with Gasteiger partial charge in [0.05, 0.1) is 6.04 Å². The third-order valence-electron chi connectivity index (χ3n) is 8.91. The maximum absolute atomic E-state index is 14.3. The van der Waals surface area contributed by atoms with E-state index < -0.39 is 5.54 Å². The fraction of sp³-hybridized carbons (Fsp3) is 0.485. The molecule has 1 saturated carbocycles. The van der Waals surface area contributed by atoms with Gasteiger partial charge in [0.1, 0.15) is 5.54 Å². The molecule has 0 atom stereocenters. The molecule has 220 valence electrons. The summed E-state index contributed by atoms with van der Waals surface area (Å²) < 4.78 is 4.12.